The number of anilines is 1. The number of pyridine rings is 1. The van der Waals surface area contributed by atoms with Gasteiger partial charge in [0.25, 0.3) is 0 Å². The number of hydrogen-bond donors (Lipinski definition) is 2. The fourth-order valence-corrected chi connectivity index (χ4v) is 3.37. The molecular weight excluding hydrogens is 296 g/mol. The van der Waals surface area contributed by atoms with Crippen molar-refractivity contribution in [2.75, 3.05) is 12.3 Å². The molecule has 22 heavy (non-hydrogen) atoms. The fourth-order valence-electron chi connectivity index (χ4n) is 3.20. The van der Waals surface area contributed by atoms with E-state index in [0.717, 1.165) is 42.2 Å². The lowest BCUT2D eigenvalue weighted by molar-refractivity contribution is 0.246. The Bertz CT molecular complexity index is 840. The van der Waals surface area contributed by atoms with Crippen LogP contribution >= 0.6 is 11.6 Å². The largest absolute Gasteiger partial charge is 0.383 e. The summed E-state index contributed by atoms with van der Waals surface area (Å²) in [5, 5.41) is 2.01. The van der Waals surface area contributed by atoms with Crippen molar-refractivity contribution in [3.05, 3.63) is 58.4 Å². The summed E-state index contributed by atoms with van der Waals surface area (Å²) in [6.07, 6.45) is 2.75. The zero-order chi connectivity index (χ0) is 15.1. The van der Waals surface area contributed by atoms with E-state index in [1.807, 2.05) is 24.3 Å². The zero-order valence-electron chi connectivity index (χ0n) is 12.1. The van der Waals surface area contributed by atoms with E-state index >= 15 is 0 Å². The lowest BCUT2D eigenvalue weighted by atomic mass is 10.0. The minimum atomic E-state index is 0.621. The number of fused-ring (bicyclic) bond motifs is 3. The summed E-state index contributed by atoms with van der Waals surface area (Å²) in [7, 11) is 0. The Hall–Kier alpha value is -2.04. The van der Waals surface area contributed by atoms with E-state index in [0.29, 0.717) is 5.82 Å². The molecule has 0 radical (unpaired) electrons. The minimum Gasteiger partial charge on any atom is -0.383 e. The van der Waals surface area contributed by atoms with E-state index in [1.165, 1.54) is 16.6 Å². The van der Waals surface area contributed by atoms with Crippen LogP contribution in [0.15, 0.2) is 36.5 Å². The second-order valence-corrected chi connectivity index (χ2v) is 6.22. The number of H-pyrrole nitrogens is 1. The van der Waals surface area contributed by atoms with Gasteiger partial charge in [-0.1, -0.05) is 17.7 Å². The van der Waals surface area contributed by atoms with Crippen molar-refractivity contribution in [2.24, 2.45) is 0 Å². The molecule has 0 saturated heterocycles. The first-order valence-corrected chi connectivity index (χ1v) is 7.79. The fraction of sp³-hybridized carbons (Fsp3) is 0.235. The van der Waals surface area contributed by atoms with Gasteiger partial charge in [0.2, 0.25) is 0 Å². The molecule has 1 aliphatic rings. The van der Waals surface area contributed by atoms with Crippen LogP contribution in [0.2, 0.25) is 5.02 Å². The second kappa shape index (κ2) is 5.30. The number of aromatic nitrogens is 2. The highest BCUT2D eigenvalue weighted by molar-refractivity contribution is 6.31. The van der Waals surface area contributed by atoms with Gasteiger partial charge in [-0.2, -0.15) is 0 Å². The molecule has 1 aliphatic heterocycles. The Balaban J connectivity index is 1.65. The average Bonchev–Trinajstić information content (AvgIpc) is 2.87. The van der Waals surface area contributed by atoms with Gasteiger partial charge in [-0.25, -0.2) is 4.98 Å². The normalized spacial score (nSPS) is 15.1. The smallest absolute Gasteiger partial charge is 0.127 e. The summed E-state index contributed by atoms with van der Waals surface area (Å²) < 4.78 is 0. The van der Waals surface area contributed by atoms with Crippen molar-refractivity contribution >= 4 is 28.3 Å². The molecule has 2 aromatic heterocycles. The topological polar surface area (TPSA) is 57.9 Å². The van der Waals surface area contributed by atoms with Crippen LogP contribution in [0.5, 0.6) is 0 Å². The third-order valence-corrected chi connectivity index (χ3v) is 4.57. The Labute approximate surface area is 133 Å². The van der Waals surface area contributed by atoms with Crippen LogP contribution in [0.1, 0.15) is 16.8 Å². The highest BCUT2D eigenvalue weighted by Gasteiger charge is 2.21. The van der Waals surface area contributed by atoms with Crippen molar-refractivity contribution in [1.82, 2.24) is 14.9 Å². The SMILES string of the molecule is Nc1ncccc1CN1CCc2[nH]c3ccc(Cl)cc3c2C1. The quantitative estimate of drug-likeness (QED) is 0.763. The number of aromatic amines is 1. The van der Waals surface area contributed by atoms with Crippen molar-refractivity contribution in [1.29, 1.82) is 0 Å². The lowest BCUT2D eigenvalue weighted by Crippen LogP contribution is -2.30. The van der Waals surface area contributed by atoms with Gasteiger partial charge in [-0.05, 0) is 29.8 Å². The van der Waals surface area contributed by atoms with Crippen molar-refractivity contribution in [3.63, 3.8) is 0 Å². The van der Waals surface area contributed by atoms with Gasteiger partial charge in [-0.3, -0.25) is 4.90 Å². The van der Waals surface area contributed by atoms with Gasteiger partial charge in [0, 0.05) is 59.4 Å². The maximum Gasteiger partial charge on any atom is 0.127 e. The number of benzene rings is 1. The third-order valence-electron chi connectivity index (χ3n) is 4.34. The zero-order valence-corrected chi connectivity index (χ0v) is 12.9. The summed E-state index contributed by atoms with van der Waals surface area (Å²) in [6.45, 7) is 2.75. The Morgan fingerprint density at radius 1 is 1.32 bits per heavy atom. The molecule has 4 nitrogen and oxygen atoms in total. The van der Waals surface area contributed by atoms with E-state index in [-0.39, 0.29) is 0 Å². The molecule has 0 aliphatic carbocycles. The Morgan fingerprint density at radius 2 is 2.23 bits per heavy atom. The van der Waals surface area contributed by atoms with Gasteiger partial charge in [-0.15, -0.1) is 0 Å². The molecule has 1 aromatic carbocycles. The van der Waals surface area contributed by atoms with E-state index in [4.69, 9.17) is 17.3 Å². The molecule has 5 heteroatoms. The van der Waals surface area contributed by atoms with Gasteiger partial charge < -0.3 is 10.7 Å². The van der Waals surface area contributed by atoms with E-state index < -0.39 is 0 Å². The summed E-state index contributed by atoms with van der Waals surface area (Å²) in [4.78, 5) is 10.1. The van der Waals surface area contributed by atoms with Crippen LogP contribution in [0, 0.1) is 0 Å². The molecule has 0 spiro atoms. The molecular formula is C17H17ClN4. The second-order valence-electron chi connectivity index (χ2n) is 5.78. The molecule has 3 N–H and O–H groups in total. The standard InChI is InChI=1S/C17H17ClN4/c18-12-3-4-15-13(8-12)14-10-22(7-5-16(14)21-15)9-11-2-1-6-20-17(11)19/h1-4,6,8,21H,5,7,9-10H2,(H2,19,20). The molecule has 3 heterocycles. The Kier molecular flexibility index (Phi) is 3.28. The van der Waals surface area contributed by atoms with Crippen molar-refractivity contribution in [2.45, 2.75) is 19.5 Å². The number of hydrogen-bond acceptors (Lipinski definition) is 3. The Morgan fingerprint density at radius 3 is 3.09 bits per heavy atom. The predicted octanol–water partition coefficient (Wildman–Crippen LogP) is 3.36. The number of nitrogens with one attached hydrogen (secondary N) is 1. The first kappa shape index (κ1) is 13.6. The summed E-state index contributed by atoms with van der Waals surface area (Å²) >= 11 is 6.15. The summed E-state index contributed by atoms with van der Waals surface area (Å²) in [6, 6.07) is 10.0. The van der Waals surface area contributed by atoms with Crippen LogP contribution in [-0.4, -0.2) is 21.4 Å². The molecule has 112 valence electrons. The highest BCUT2D eigenvalue weighted by Crippen LogP contribution is 2.30. The maximum absolute atomic E-state index is 6.15. The highest BCUT2D eigenvalue weighted by atomic mass is 35.5. The van der Waals surface area contributed by atoms with Crippen LogP contribution in [0.3, 0.4) is 0 Å². The number of nitrogen functional groups attached to an aromatic ring is 1. The number of halogens is 1. The molecule has 3 aromatic rings. The van der Waals surface area contributed by atoms with Crippen LogP contribution in [0.4, 0.5) is 5.82 Å². The van der Waals surface area contributed by atoms with E-state index in [1.54, 1.807) is 6.20 Å². The van der Waals surface area contributed by atoms with E-state index in [2.05, 4.69) is 20.9 Å². The molecule has 0 atom stereocenters. The number of nitrogens with two attached hydrogens (primary N) is 1. The predicted molar refractivity (Wildman–Crippen MR) is 89.8 cm³/mol. The van der Waals surface area contributed by atoms with Crippen LogP contribution in [-0.2, 0) is 19.5 Å². The van der Waals surface area contributed by atoms with Crippen molar-refractivity contribution in [3.8, 4) is 0 Å². The molecule has 0 bridgehead atoms. The van der Waals surface area contributed by atoms with Gasteiger partial charge in [0.05, 0.1) is 0 Å². The summed E-state index contributed by atoms with van der Waals surface area (Å²) in [5.41, 5.74) is 10.9. The third kappa shape index (κ3) is 2.34. The summed E-state index contributed by atoms with van der Waals surface area (Å²) in [5.74, 6) is 0.621. The van der Waals surface area contributed by atoms with Gasteiger partial charge in [0.1, 0.15) is 5.82 Å². The van der Waals surface area contributed by atoms with Crippen LogP contribution in [0.25, 0.3) is 10.9 Å². The van der Waals surface area contributed by atoms with Gasteiger partial charge in [0.15, 0.2) is 0 Å². The molecule has 0 amide bonds. The number of rotatable bonds is 2. The maximum atomic E-state index is 6.15. The van der Waals surface area contributed by atoms with Gasteiger partial charge >= 0.3 is 0 Å². The average molecular weight is 313 g/mol. The van der Waals surface area contributed by atoms with Crippen molar-refractivity contribution < 1.29 is 0 Å². The molecule has 0 saturated carbocycles. The van der Waals surface area contributed by atoms with E-state index in [9.17, 15) is 0 Å². The van der Waals surface area contributed by atoms with Crippen LogP contribution < -0.4 is 5.73 Å². The number of nitrogens with zero attached hydrogens (tertiary/aromatic N) is 2. The molecule has 0 unspecified atom stereocenters. The molecule has 0 fully saturated rings. The first-order valence-electron chi connectivity index (χ1n) is 7.41. The first-order chi connectivity index (χ1) is 10.7. The molecule has 4 rings (SSSR count). The lowest BCUT2D eigenvalue weighted by Gasteiger charge is -2.27. The monoisotopic (exact) mass is 312 g/mol. The minimum absolute atomic E-state index is 0.621.